The summed E-state index contributed by atoms with van der Waals surface area (Å²) in [6.07, 6.45) is 3.29. The zero-order chi connectivity index (χ0) is 53.3. The summed E-state index contributed by atoms with van der Waals surface area (Å²) >= 11 is 7.89. The number of carbonyl (C=O) groups excluding carboxylic acids is 3. The van der Waals surface area contributed by atoms with E-state index in [4.69, 9.17) is 41.6 Å². The van der Waals surface area contributed by atoms with Crippen molar-refractivity contribution < 1.29 is 33.0 Å². The molecule has 0 saturated carbocycles. The lowest BCUT2D eigenvalue weighted by Gasteiger charge is -2.25. The molecule has 0 bridgehead atoms. The van der Waals surface area contributed by atoms with Crippen molar-refractivity contribution in [3.05, 3.63) is 135 Å². The minimum atomic E-state index is -0.582. The lowest BCUT2D eigenvalue weighted by Crippen LogP contribution is -2.39. The lowest BCUT2D eigenvalue weighted by atomic mass is 9.99. The standard InChI is InChI=1S/C54H59ClFN13O6S/c1-32(29-67-22-8-9-38(67)30-68-52-47(50(57)61-31-62-52)49(66-68)41-17-16-40(27-42(41)56)75-39-10-6-5-7-11-39)53(72)60-20-19-58-44(70)18-23-73-25-26-74-24-21-59-45(71)28-43-51-65-64-35(4)69(51)54-46(33(2)34(3)76-54)48(63-43)36-12-14-37(55)15-13-36/h5-7,10-17,27,31,38,43H,1,8-9,18-26,28-30H2,2-4H3,(H,58,70)(H,59,71)(H,60,72)(H2,57,61,62)/t38-,43+/m1/s1. The molecule has 1 fully saturated rings. The monoisotopic (exact) mass is 1070 g/mol. The van der Waals surface area contributed by atoms with Crippen LogP contribution in [0.15, 0.2) is 96.3 Å². The number of nitrogen functional groups attached to an aromatic ring is 1. The molecule has 76 heavy (non-hydrogen) atoms. The van der Waals surface area contributed by atoms with Crippen molar-refractivity contribution >= 4 is 63.2 Å². The second-order valence-corrected chi connectivity index (χ2v) is 20.1. The van der Waals surface area contributed by atoms with Crippen LogP contribution < -0.4 is 26.4 Å². The van der Waals surface area contributed by atoms with Gasteiger partial charge in [0.15, 0.2) is 11.5 Å². The molecule has 22 heteroatoms. The largest absolute Gasteiger partial charge is 0.457 e. The number of aromatic nitrogens is 7. The van der Waals surface area contributed by atoms with Gasteiger partial charge in [-0.1, -0.05) is 48.5 Å². The number of halogens is 2. The summed E-state index contributed by atoms with van der Waals surface area (Å²) in [5.74, 6) is 1.15. The number of anilines is 1. The van der Waals surface area contributed by atoms with Gasteiger partial charge in [0.25, 0.3) is 0 Å². The molecule has 19 nitrogen and oxygen atoms in total. The summed E-state index contributed by atoms with van der Waals surface area (Å²) in [5.41, 5.74) is 11.5. The Morgan fingerprint density at radius 1 is 0.895 bits per heavy atom. The van der Waals surface area contributed by atoms with E-state index in [1.807, 2.05) is 54.0 Å². The first-order chi connectivity index (χ1) is 36.8. The number of benzene rings is 3. The third kappa shape index (κ3) is 12.5. The van der Waals surface area contributed by atoms with E-state index in [-0.39, 0.29) is 94.0 Å². The van der Waals surface area contributed by atoms with Crippen LogP contribution in [0.25, 0.3) is 27.3 Å². The number of nitrogens with one attached hydrogen (secondary N) is 3. The average Bonchev–Trinajstić information content (AvgIpc) is 4.20. The van der Waals surface area contributed by atoms with Gasteiger partial charge in [-0.3, -0.25) is 28.8 Å². The SMILES string of the molecule is C=C(CN1CCC[C@@H]1Cn1nc(-c2ccc(Oc3ccccc3)cc2F)c2c(N)ncnc21)C(=O)NCCNC(=O)CCOCCOCCNC(=O)C[C@@H]1N=C(c2ccc(Cl)cc2)c2c(sc(C)c2C)-n2c(C)nnc21. The van der Waals surface area contributed by atoms with Gasteiger partial charge in [-0.05, 0) is 82.1 Å². The molecule has 6 heterocycles. The Balaban J connectivity index is 0.655. The molecular weight excluding hydrogens is 1010 g/mol. The predicted octanol–water partition coefficient (Wildman–Crippen LogP) is 7.00. The summed E-state index contributed by atoms with van der Waals surface area (Å²) < 4.78 is 36.5. The fourth-order valence-corrected chi connectivity index (χ4v) is 10.6. The highest BCUT2D eigenvalue weighted by molar-refractivity contribution is 7.15. The van der Waals surface area contributed by atoms with Crippen molar-refractivity contribution in [2.45, 2.75) is 65.1 Å². The number of nitrogens with zero attached hydrogens (tertiary/aromatic N) is 9. The number of ether oxygens (including phenoxy) is 3. The molecule has 2 aliphatic rings. The van der Waals surface area contributed by atoms with Crippen molar-refractivity contribution in [1.82, 2.24) is 55.4 Å². The molecule has 2 atom stereocenters. The van der Waals surface area contributed by atoms with E-state index in [1.54, 1.807) is 40.3 Å². The second-order valence-electron chi connectivity index (χ2n) is 18.5. The van der Waals surface area contributed by atoms with Gasteiger partial charge in [-0.25, -0.2) is 19.0 Å². The van der Waals surface area contributed by atoms with Crippen LogP contribution in [0.5, 0.6) is 11.5 Å². The fourth-order valence-electron chi connectivity index (χ4n) is 9.27. The van der Waals surface area contributed by atoms with Crippen LogP contribution in [0.4, 0.5) is 10.2 Å². The van der Waals surface area contributed by atoms with Crippen LogP contribution in [0.1, 0.15) is 64.9 Å². The summed E-state index contributed by atoms with van der Waals surface area (Å²) in [6, 6.07) is 20.7. The molecule has 0 aliphatic carbocycles. The molecule has 0 radical (unpaired) electrons. The van der Waals surface area contributed by atoms with Crippen molar-refractivity contribution in [3.8, 4) is 27.8 Å². The van der Waals surface area contributed by atoms with Crippen molar-refractivity contribution in [1.29, 1.82) is 0 Å². The molecule has 4 aromatic heterocycles. The molecule has 1 saturated heterocycles. The van der Waals surface area contributed by atoms with Crippen LogP contribution in [0, 0.1) is 26.6 Å². The summed E-state index contributed by atoms with van der Waals surface area (Å²) in [4.78, 5) is 56.0. The first kappa shape index (κ1) is 53.4. The predicted molar refractivity (Wildman–Crippen MR) is 289 cm³/mol. The van der Waals surface area contributed by atoms with Gasteiger partial charge in [-0.15, -0.1) is 21.5 Å². The maximum atomic E-state index is 15.7. The van der Waals surface area contributed by atoms with Crippen molar-refractivity contribution in [3.63, 3.8) is 0 Å². The zero-order valence-electron chi connectivity index (χ0n) is 42.5. The number of hydrogen-bond acceptors (Lipinski definition) is 15. The molecule has 3 amide bonds. The van der Waals surface area contributed by atoms with E-state index in [2.05, 4.69) is 61.4 Å². The van der Waals surface area contributed by atoms with Gasteiger partial charge in [0, 0.05) is 76.9 Å². The molecule has 9 rings (SSSR count). The third-order valence-corrected chi connectivity index (χ3v) is 14.7. The molecule has 5 N–H and O–H groups in total. The number of para-hydroxylation sites is 1. The highest BCUT2D eigenvalue weighted by Crippen LogP contribution is 2.40. The topological polar surface area (TPSA) is 231 Å². The molecule has 2 aliphatic heterocycles. The third-order valence-electron chi connectivity index (χ3n) is 13.2. The molecule has 396 valence electrons. The molecule has 7 aromatic rings. The van der Waals surface area contributed by atoms with E-state index >= 15 is 4.39 Å². The fraction of sp³-hybridized carbons (Fsp3) is 0.352. The van der Waals surface area contributed by atoms with E-state index in [0.717, 1.165) is 51.7 Å². The molecule has 0 unspecified atom stereocenters. The maximum Gasteiger partial charge on any atom is 0.247 e. The lowest BCUT2D eigenvalue weighted by molar-refractivity contribution is -0.123. The zero-order valence-corrected chi connectivity index (χ0v) is 44.1. The van der Waals surface area contributed by atoms with E-state index in [0.29, 0.717) is 63.6 Å². The Kier molecular flexibility index (Phi) is 17.2. The normalized spacial score (nSPS) is 15.2. The molecule has 3 aromatic carbocycles. The van der Waals surface area contributed by atoms with Gasteiger partial charge in [0.1, 0.15) is 52.0 Å². The number of hydrogen-bond donors (Lipinski definition) is 4. The summed E-state index contributed by atoms with van der Waals surface area (Å²) in [7, 11) is 0. The second kappa shape index (κ2) is 24.5. The number of aryl methyl sites for hydroxylation is 2. The summed E-state index contributed by atoms with van der Waals surface area (Å²) in [5, 5.41) is 24.3. The minimum Gasteiger partial charge on any atom is -0.457 e. The van der Waals surface area contributed by atoms with E-state index in [9.17, 15) is 14.4 Å². The van der Waals surface area contributed by atoms with Gasteiger partial charge in [-0.2, -0.15) is 5.10 Å². The quantitative estimate of drug-likeness (QED) is 0.0374. The van der Waals surface area contributed by atoms with Gasteiger partial charge in [0.2, 0.25) is 17.7 Å². The number of likely N-dealkylation sites (tertiary alicyclic amines) is 1. The number of amides is 3. The number of carbonyl (C=O) groups is 3. The van der Waals surface area contributed by atoms with Gasteiger partial charge >= 0.3 is 0 Å². The Morgan fingerprint density at radius 3 is 2.45 bits per heavy atom. The molecular formula is C54H59ClFN13O6S. The first-order valence-corrected chi connectivity index (χ1v) is 26.3. The maximum absolute atomic E-state index is 15.7. The first-order valence-electron chi connectivity index (χ1n) is 25.1. The van der Waals surface area contributed by atoms with Crippen LogP contribution in [0.3, 0.4) is 0 Å². The number of fused-ring (bicyclic) bond motifs is 4. The Bertz CT molecular complexity index is 3270. The van der Waals surface area contributed by atoms with Gasteiger partial charge < -0.3 is 35.9 Å². The minimum absolute atomic E-state index is 0.0148. The Hall–Kier alpha value is -7.43. The number of thiophene rings is 1. The number of nitrogens with two attached hydrogens (primary N) is 1. The van der Waals surface area contributed by atoms with E-state index < -0.39 is 11.9 Å². The Labute approximate surface area is 447 Å². The average molecular weight is 1070 g/mol. The van der Waals surface area contributed by atoms with Crippen molar-refractivity contribution in [2.24, 2.45) is 4.99 Å². The number of aliphatic imine (C=N–C) groups is 1. The van der Waals surface area contributed by atoms with Crippen LogP contribution in [0.2, 0.25) is 5.02 Å². The highest BCUT2D eigenvalue weighted by atomic mass is 35.5. The van der Waals surface area contributed by atoms with E-state index in [1.165, 1.54) is 12.4 Å². The van der Waals surface area contributed by atoms with Crippen LogP contribution in [-0.4, -0.2) is 128 Å². The molecule has 0 spiro atoms. The smallest absolute Gasteiger partial charge is 0.247 e. The number of rotatable bonds is 23. The van der Waals surface area contributed by atoms with Crippen LogP contribution in [-0.2, 0) is 30.4 Å². The summed E-state index contributed by atoms with van der Waals surface area (Å²) in [6.45, 7) is 13.3. The van der Waals surface area contributed by atoms with Crippen molar-refractivity contribution in [2.75, 3.05) is 64.9 Å². The van der Waals surface area contributed by atoms with Gasteiger partial charge in [0.05, 0.1) is 50.5 Å². The highest BCUT2D eigenvalue weighted by Gasteiger charge is 2.33. The van der Waals surface area contributed by atoms with Crippen LogP contribution >= 0.6 is 22.9 Å². The Morgan fingerprint density at radius 2 is 1.66 bits per heavy atom.